The van der Waals surface area contributed by atoms with E-state index in [1.807, 2.05) is 152 Å². The molecule has 7 nitrogen and oxygen atoms in total. The van der Waals surface area contributed by atoms with Gasteiger partial charge >= 0.3 is 0 Å². The highest BCUT2D eigenvalue weighted by Crippen LogP contribution is 2.43. The molecule has 1 aliphatic heterocycles. The SMILES string of the molecule is OCc1cc([C@@H]2O[C@H](COCc3ccccc3)[C@@H](OCc3ccccc3)[C@H](OCc3ccccc3)[C@H]2OCc2ccccc2)c(OCc2ccccc2)cc1F. The Morgan fingerprint density at radius 3 is 1.41 bits per heavy atom. The Labute approximate surface area is 328 Å². The first-order chi connectivity index (χ1) is 27.6. The fraction of sp³-hybridized carbons (Fsp3) is 0.250. The predicted octanol–water partition coefficient (Wildman–Crippen LogP) is 9.31. The lowest BCUT2D eigenvalue weighted by molar-refractivity contribution is -0.275. The van der Waals surface area contributed by atoms with Crippen LogP contribution >= 0.6 is 0 Å². The molecule has 6 aromatic carbocycles. The van der Waals surface area contributed by atoms with Crippen LogP contribution in [0.25, 0.3) is 0 Å². The number of ether oxygens (including phenoxy) is 6. The third-order valence-corrected chi connectivity index (χ3v) is 9.78. The molecule has 0 radical (unpaired) electrons. The number of halogens is 1. The molecule has 56 heavy (non-hydrogen) atoms. The van der Waals surface area contributed by atoms with Crippen LogP contribution in [0, 0.1) is 5.82 Å². The van der Waals surface area contributed by atoms with Gasteiger partial charge in [0.2, 0.25) is 0 Å². The van der Waals surface area contributed by atoms with Crippen LogP contribution in [0.4, 0.5) is 4.39 Å². The summed E-state index contributed by atoms with van der Waals surface area (Å²) < 4.78 is 56.0. The van der Waals surface area contributed by atoms with Gasteiger partial charge in [-0.3, -0.25) is 0 Å². The zero-order chi connectivity index (χ0) is 38.4. The zero-order valence-electron chi connectivity index (χ0n) is 31.2. The van der Waals surface area contributed by atoms with Crippen LogP contribution in [0.5, 0.6) is 5.75 Å². The van der Waals surface area contributed by atoms with Crippen molar-refractivity contribution in [3.05, 3.63) is 209 Å². The van der Waals surface area contributed by atoms with Crippen molar-refractivity contribution < 1.29 is 37.9 Å². The van der Waals surface area contributed by atoms with Gasteiger partial charge in [-0.1, -0.05) is 152 Å². The minimum Gasteiger partial charge on any atom is -0.488 e. The van der Waals surface area contributed by atoms with Crippen molar-refractivity contribution in [1.29, 1.82) is 0 Å². The molecule has 0 amide bonds. The maximum Gasteiger partial charge on any atom is 0.132 e. The van der Waals surface area contributed by atoms with Crippen LogP contribution in [0.1, 0.15) is 45.0 Å². The molecule has 288 valence electrons. The summed E-state index contributed by atoms with van der Waals surface area (Å²) in [6, 6.07) is 52.3. The van der Waals surface area contributed by atoms with E-state index in [4.69, 9.17) is 28.4 Å². The quantitative estimate of drug-likeness (QED) is 0.0938. The van der Waals surface area contributed by atoms with Gasteiger partial charge in [-0.25, -0.2) is 4.39 Å². The maximum absolute atomic E-state index is 15.5. The molecular weight excluding hydrogens is 708 g/mol. The van der Waals surface area contributed by atoms with Gasteiger partial charge in [-0.15, -0.1) is 0 Å². The highest BCUT2D eigenvalue weighted by Gasteiger charge is 2.50. The number of benzene rings is 6. The molecule has 6 aromatic rings. The average molecular weight is 755 g/mol. The Balaban J connectivity index is 1.30. The first-order valence-electron chi connectivity index (χ1n) is 19.0. The summed E-state index contributed by atoms with van der Waals surface area (Å²) in [5, 5.41) is 10.3. The molecule has 0 spiro atoms. The number of rotatable bonds is 18. The summed E-state index contributed by atoms with van der Waals surface area (Å²) >= 11 is 0. The monoisotopic (exact) mass is 754 g/mol. The largest absolute Gasteiger partial charge is 0.488 e. The smallest absolute Gasteiger partial charge is 0.132 e. The van der Waals surface area contributed by atoms with E-state index in [1.165, 1.54) is 6.07 Å². The van der Waals surface area contributed by atoms with Gasteiger partial charge in [0.25, 0.3) is 0 Å². The standard InChI is InChI=1S/C48H47FO7/c49-42-27-43(52-30-36-18-8-2-9-19-36)41(26-40(42)28-50)45-47(54-32-38-22-12-4-13-23-38)48(55-33-39-24-14-5-15-25-39)46(53-31-37-20-10-3-11-21-37)44(56-45)34-51-29-35-16-6-1-7-17-35/h1-27,44-48,50H,28-34H2/t44-,45+,46-,47+,48+/m1/s1. The second-order valence-corrected chi connectivity index (χ2v) is 13.8. The van der Waals surface area contributed by atoms with Crippen LogP contribution in [0.2, 0.25) is 0 Å². The lowest BCUT2D eigenvalue weighted by Crippen LogP contribution is -2.58. The summed E-state index contributed by atoms with van der Waals surface area (Å²) in [6.07, 6.45) is -3.64. The second-order valence-electron chi connectivity index (χ2n) is 13.8. The second kappa shape index (κ2) is 20.1. The van der Waals surface area contributed by atoms with Crippen LogP contribution in [0.3, 0.4) is 0 Å². The average Bonchev–Trinajstić information content (AvgIpc) is 3.25. The lowest BCUT2D eigenvalue weighted by atomic mass is 9.89. The molecule has 7 rings (SSSR count). The maximum atomic E-state index is 15.5. The number of aliphatic hydroxyl groups excluding tert-OH is 1. The zero-order valence-corrected chi connectivity index (χ0v) is 31.2. The lowest BCUT2D eigenvalue weighted by Gasteiger charge is -2.46. The van der Waals surface area contributed by atoms with Crippen molar-refractivity contribution in [2.45, 2.75) is 70.2 Å². The van der Waals surface area contributed by atoms with E-state index < -0.39 is 42.9 Å². The third-order valence-electron chi connectivity index (χ3n) is 9.78. The number of aliphatic hydroxyl groups is 1. The molecule has 0 bridgehead atoms. The van der Waals surface area contributed by atoms with Gasteiger partial charge in [0.1, 0.15) is 48.7 Å². The Morgan fingerprint density at radius 2 is 0.929 bits per heavy atom. The van der Waals surface area contributed by atoms with Gasteiger partial charge in [0, 0.05) is 17.2 Å². The molecule has 0 saturated carbocycles. The van der Waals surface area contributed by atoms with Crippen LogP contribution in [-0.2, 0) is 63.3 Å². The summed E-state index contributed by atoms with van der Waals surface area (Å²) in [4.78, 5) is 0. The highest BCUT2D eigenvalue weighted by atomic mass is 19.1. The van der Waals surface area contributed by atoms with Gasteiger partial charge in [-0.2, -0.15) is 0 Å². The van der Waals surface area contributed by atoms with Crippen molar-refractivity contribution in [2.24, 2.45) is 0 Å². The van der Waals surface area contributed by atoms with Crippen molar-refractivity contribution in [3.8, 4) is 5.75 Å². The molecule has 0 aromatic heterocycles. The molecule has 1 fully saturated rings. The molecular formula is C48H47FO7. The Kier molecular flexibility index (Phi) is 14.0. The van der Waals surface area contributed by atoms with Crippen molar-refractivity contribution in [3.63, 3.8) is 0 Å². The van der Waals surface area contributed by atoms with Crippen LogP contribution < -0.4 is 4.74 Å². The number of hydrogen-bond donors (Lipinski definition) is 1. The minimum atomic E-state index is -0.849. The fourth-order valence-corrected chi connectivity index (χ4v) is 6.86. The van der Waals surface area contributed by atoms with E-state index in [1.54, 1.807) is 6.07 Å². The Hall–Kier alpha value is -5.19. The van der Waals surface area contributed by atoms with Crippen LogP contribution in [0.15, 0.2) is 164 Å². The van der Waals surface area contributed by atoms with Crippen molar-refractivity contribution in [2.75, 3.05) is 6.61 Å². The number of hydrogen-bond acceptors (Lipinski definition) is 7. The summed E-state index contributed by atoms with van der Waals surface area (Å²) in [5.74, 6) is -0.308. The van der Waals surface area contributed by atoms with Crippen molar-refractivity contribution >= 4 is 0 Å². The van der Waals surface area contributed by atoms with Crippen molar-refractivity contribution in [1.82, 2.24) is 0 Å². The third kappa shape index (κ3) is 10.6. The van der Waals surface area contributed by atoms with E-state index >= 15 is 4.39 Å². The van der Waals surface area contributed by atoms with Gasteiger partial charge in [0.15, 0.2) is 0 Å². The molecule has 1 aliphatic rings. The van der Waals surface area contributed by atoms with Crippen LogP contribution in [-0.4, -0.2) is 36.1 Å². The molecule has 8 heteroatoms. The highest BCUT2D eigenvalue weighted by molar-refractivity contribution is 5.41. The van der Waals surface area contributed by atoms with E-state index in [0.717, 1.165) is 27.8 Å². The van der Waals surface area contributed by atoms with Gasteiger partial charge < -0.3 is 33.5 Å². The summed E-state index contributed by atoms with van der Waals surface area (Å²) in [7, 11) is 0. The normalized spacial score (nSPS) is 19.4. The summed E-state index contributed by atoms with van der Waals surface area (Å²) in [6.45, 7) is 1.00. The molecule has 1 N–H and O–H groups in total. The Morgan fingerprint density at radius 1 is 0.500 bits per heavy atom. The molecule has 0 aliphatic carbocycles. The molecule has 5 atom stereocenters. The topological polar surface area (TPSA) is 75.6 Å². The fourth-order valence-electron chi connectivity index (χ4n) is 6.86. The predicted molar refractivity (Wildman–Crippen MR) is 212 cm³/mol. The molecule has 0 unspecified atom stereocenters. The van der Waals surface area contributed by atoms with E-state index in [2.05, 4.69) is 0 Å². The minimum absolute atomic E-state index is 0.110. The van der Waals surface area contributed by atoms with Gasteiger partial charge in [-0.05, 0) is 33.9 Å². The van der Waals surface area contributed by atoms with E-state index in [9.17, 15) is 5.11 Å². The van der Waals surface area contributed by atoms with E-state index in [0.29, 0.717) is 18.8 Å². The van der Waals surface area contributed by atoms with E-state index in [-0.39, 0.29) is 37.7 Å². The van der Waals surface area contributed by atoms with Gasteiger partial charge in [0.05, 0.1) is 39.6 Å². The first kappa shape index (κ1) is 39.1. The molecule has 1 heterocycles. The first-order valence-corrected chi connectivity index (χ1v) is 19.0. The summed E-state index contributed by atoms with van der Waals surface area (Å²) in [5.41, 5.74) is 5.49. The Bertz CT molecular complexity index is 2030. The molecule has 1 saturated heterocycles.